The van der Waals surface area contributed by atoms with Crippen molar-refractivity contribution in [2.24, 2.45) is 5.92 Å². The summed E-state index contributed by atoms with van der Waals surface area (Å²) < 4.78 is 33.6. The van der Waals surface area contributed by atoms with Crippen molar-refractivity contribution in [2.75, 3.05) is 49.6 Å². The van der Waals surface area contributed by atoms with Gasteiger partial charge < -0.3 is 20.3 Å². The number of amides is 2. The minimum atomic E-state index is -3.76. The number of ether oxygens (including phenoxy) is 1. The van der Waals surface area contributed by atoms with Crippen molar-refractivity contribution in [3.05, 3.63) is 53.6 Å². The second kappa shape index (κ2) is 12.9. The molecule has 0 spiro atoms. The Morgan fingerprint density at radius 2 is 1.54 bits per heavy atom. The maximum absolute atomic E-state index is 13.7. The van der Waals surface area contributed by atoms with Crippen LogP contribution >= 0.6 is 0 Å². The van der Waals surface area contributed by atoms with Gasteiger partial charge in [-0.2, -0.15) is 4.31 Å². The second-order valence-corrected chi connectivity index (χ2v) is 14.2. The van der Waals surface area contributed by atoms with Crippen LogP contribution in [0.3, 0.4) is 0 Å². The molecular weight excluding hydrogens is 540 g/mol. The van der Waals surface area contributed by atoms with Gasteiger partial charge in [0.05, 0.1) is 29.5 Å². The quantitative estimate of drug-likeness (QED) is 0.477. The van der Waals surface area contributed by atoms with E-state index in [0.717, 1.165) is 43.6 Å². The fourth-order valence-corrected chi connectivity index (χ4v) is 6.65. The standard InChI is InChI=1S/C31H44N4O5S/c1-22(2)28(33-29(36)23-9-11-24(12-10-23)31(3,4)5)30(37)32-26-21-25(41(38,39)35-17-19-40-20-18-35)13-14-27(26)34-15-7-6-8-16-34/h9-14,21-22,28H,6-8,15-20H2,1-5H3,(H,32,37)(H,33,36). The van der Waals surface area contributed by atoms with Gasteiger partial charge in [-0.3, -0.25) is 9.59 Å². The number of anilines is 2. The molecule has 2 aliphatic rings. The smallest absolute Gasteiger partial charge is 0.251 e. The highest BCUT2D eigenvalue weighted by atomic mass is 32.2. The molecule has 9 nitrogen and oxygen atoms in total. The fraction of sp³-hybridized carbons (Fsp3) is 0.548. The highest BCUT2D eigenvalue weighted by molar-refractivity contribution is 7.89. The van der Waals surface area contributed by atoms with Gasteiger partial charge in [0, 0.05) is 31.7 Å². The average molecular weight is 585 g/mol. The highest BCUT2D eigenvalue weighted by Crippen LogP contribution is 2.33. The zero-order chi connectivity index (χ0) is 29.8. The topological polar surface area (TPSA) is 108 Å². The van der Waals surface area contributed by atoms with Gasteiger partial charge in [0.1, 0.15) is 6.04 Å². The molecule has 2 heterocycles. The Morgan fingerprint density at radius 1 is 0.902 bits per heavy atom. The number of sulfonamides is 1. The Labute approximate surface area is 244 Å². The van der Waals surface area contributed by atoms with Gasteiger partial charge in [-0.1, -0.05) is 46.8 Å². The van der Waals surface area contributed by atoms with Crippen LogP contribution in [0.4, 0.5) is 11.4 Å². The minimum Gasteiger partial charge on any atom is -0.379 e. The summed E-state index contributed by atoms with van der Waals surface area (Å²) in [5.74, 6) is -0.926. The average Bonchev–Trinajstić information content (AvgIpc) is 2.96. The maximum Gasteiger partial charge on any atom is 0.251 e. The van der Waals surface area contributed by atoms with Crippen LogP contribution in [0.15, 0.2) is 47.4 Å². The normalized spacial score (nSPS) is 17.8. The van der Waals surface area contributed by atoms with Crippen LogP contribution in [0.25, 0.3) is 0 Å². The summed E-state index contributed by atoms with van der Waals surface area (Å²) in [6.45, 7) is 13.0. The zero-order valence-electron chi connectivity index (χ0n) is 24.9. The number of hydrogen-bond donors (Lipinski definition) is 2. The molecule has 2 amide bonds. The van der Waals surface area contributed by atoms with Gasteiger partial charge in [0.2, 0.25) is 15.9 Å². The van der Waals surface area contributed by atoms with Gasteiger partial charge in [-0.05, 0) is 66.5 Å². The molecule has 2 fully saturated rings. The van der Waals surface area contributed by atoms with Gasteiger partial charge in [-0.15, -0.1) is 0 Å². The third kappa shape index (κ3) is 7.47. The van der Waals surface area contributed by atoms with Crippen LogP contribution in [0, 0.1) is 5.92 Å². The van der Waals surface area contributed by atoms with Gasteiger partial charge >= 0.3 is 0 Å². The molecule has 2 saturated heterocycles. The number of benzene rings is 2. The van der Waals surface area contributed by atoms with Crippen molar-refractivity contribution >= 4 is 33.2 Å². The molecule has 10 heteroatoms. The van der Waals surface area contributed by atoms with Crippen LogP contribution in [0.1, 0.15) is 69.8 Å². The lowest BCUT2D eigenvalue weighted by Gasteiger charge is -2.32. The predicted molar refractivity (Wildman–Crippen MR) is 162 cm³/mol. The van der Waals surface area contributed by atoms with Crippen LogP contribution in [0.5, 0.6) is 0 Å². The van der Waals surface area contributed by atoms with E-state index in [4.69, 9.17) is 4.74 Å². The van der Waals surface area contributed by atoms with Crippen molar-refractivity contribution in [1.29, 1.82) is 0 Å². The van der Waals surface area contributed by atoms with Gasteiger partial charge in [-0.25, -0.2) is 8.42 Å². The number of nitrogens with one attached hydrogen (secondary N) is 2. The molecule has 2 aliphatic heterocycles. The van der Waals surface area contributed by atoms with Crippen molar-refractivity contribution < 1.29 is 22.7 Å². The summed E-state index contributed by atoms with van der Waals surface area (Å²) in [4.78, 5) is 29.2. The number of hydrogen-bond acceptors (Lipinski definition) is 6. The molecule has 0 bridgehead atoms. The van der Waals surface area contributed by atoms with Crippen LogP contribution in [-0.2, 0) is 25.0 Å². The lowest BCUT2D eigenvalue weighted by Crippen LogP contribution is -2.47. The van der Waals surface area contributed by atoms with E-state index < -0.39 is 16.1 Å². The van der Waals surface area contributed by atoms with Crippen molar-refractivity contribution in [3.8, 4) is 0 Å². The van der Waals surface area contributed by atoms with Crippen molar-refractivity contribution in [1.82, 2.24) is 9.62 Å². The Kier molecular flexibility index (Phi) is 9.77. The third-order valence-corrected chi connectivity index (χ3v) is 9.67. The second-order valence-electron chi connectivity index (χ2n) is 12.3. The number of nitrogens with zero attached hydrogens (tertiary/aromatic N) is 2. The number of piperidine rings is 1. The molecule has 1 unspecified atom stereocenters. The number of carbonyl (C=O) groups excluding carboxylic acids is 2. The Morgan fingerprint density at radius 3 is 2.12 bits per heavy atom. The molecule has 0 radical (unpaired) electrons. The first-order valence-electron chi connectivity index (χ1n) is 14.6. The third-order valence-electron chi connectivity index (χ3n) is 7.78. The number of carbonyl (C=O) groups is 2. The summed E-state index contributed by atoms with van der Waals surface area (Å²) in [5.41, 5.74) is 2.77. The molecule has 0 saturated carbocycles. The number of morpholine rings is 1. The Bertz CT molecular complexity index is 1320. The lowest BCUT2D eigenvalue weighted by atomic mass is 9.86. The van der Waals surface area contributed by atoms with E-state index in [1.807, 2.05) is 26.0 Å². The zero-order valence-corrected chi connectivity index (χ0v) is 25.7. The van der Waals surface area contributed by atoms with E-state index >= 15 is 0 Å². The summed E-state index contributed by atoms with van der Waals surface area (Å²) in [6.07, 6.45) is 3.19. The molecule has 2 aromatic carbocycles. The number of rotatable bonds is 8. The Balaban J connectivity index is 1.59. The van der Waals surface area contributed by atoms with Gasteiger partial charge in [0.25, 0.3) is 5.91 Å². The molecule has 41 heavy (non-hydrogen) atoms. The first-order valence-corrected chi connectivity index (χ1v) is 16.0. The molecule has 0 aromatic heterocycles. The van der Waals surface area contributed by atoms with E-state index in [-0.39, 0.29) is 41.1 Å². The molecule has 2 N–H and O–H groups in total. The molecular formula is C31H44N4O5S. The van der Waals surface area contributed by atoms with Crippen molar-refractivity contribution in [2.45, 2.75) is 70.2 Å². The minimum absolute atomic E-state index is 0.0365. The molecule has 224 valence electrons. The monoisotopic (exact) mass is 584 g/mol. The van der Waals surface area contributed by atoms with Crippen LogP contribution < -0.4 is 15.5 Å². The van der Waals surface area contributed by atoms with Crippen LogP contribution in [0.2, 0.25) is 0 Å². The van der Waals surface area contributed by atoms with E-state index in [1.54, 1.807) is 30.3 Å². The Hall–Kier alpha value is -2.95. The summed E-state index contributed by atoms with van der Waals surface area (Å²) >= 11 is 0. The fourth-order valence-electron chi connectivity index (χ4n) is 5.21. The van der Waals surface area contributed by atoms with E-state index in [2.05, 4.69) is 36.3 Å². The molecule has 2 aromatic rings. The molecule has 0 aliphatic carbocycles. The SMILES string of the molecule is CC(C)C(NC(=O)c1ccc(C(C)(C)C)cc1)C(=O)Nc1cc(S(=O)(=O)N2CCOCC2)ccc1N1CCCCC1. The predicted octanol–water partition coefficient (Wildman–Crippen LogP) is 4.39. The molecule has 4 rings (SSSR count). The van der Waals surface area contributed by atoms with E-state index in [0.29, 0.717) is 24.5 Å². The summed E-state index contributed by atoms with van der Waals surface area (Å²) in [6, 6.07) is 11.6. The maximum atomic E-state index is 13.7. The van der Waals surface area contributed by atoms with E-state index in [9.17, 15) is 18.0 Å². The first-order chi connectivity index (χ1) is 19.4. The van der Waals surface area contributed by atoms with Crippen LogP contribution in [-0.4, -0.2) is 70.0 Å². The lowest BCUT2D eigenvalue weighted by molar-refractivity contribution is -0.118. The van der Waals surface area contributed by atoms with E-state index in [1.165, 1.54) is 4.31 Å². The highest BCUT2D eigenvalue weighted by Gasteiger charge is 2.30. The summed E-state index contributed by atoms with van der Waals surface area (Å²) in [5, 5.41) is 5.89. The largest absolute Gasteiger partial charge is 0.379 e. The molecule has 1 atom stereocenters. The summed E-state index contributed by atoms with van der Waals surface area (Å²) in [7, 11) is -3.76. The van der Waals surface area contributed by atoms with Crippen molar-refractivity contribution in [3.63, 3.8) is 0 Å². The first kappa shape index (κ1) is 31.0. The van der Waals surface area contributed by atoms with Gasteiger partial charge in [0.15, 0.2) is 0 Å².